The number of rotatable bonds is 14. The first kappa shape index (κ1) is 25.3. The van der Waals surface area contributed by atoms with E-state index in [0.29, 0.717) is 18.7 Å². The third-order valence-electron chi connectivity index (χ3n) is 4.83. The maximum atomic E-state index is 12.8. The summed E-state index contributed by atoms with van der Waals surface area (Å²) in [6, 6.07) is -1.69. The van der Waals surface area contributed by atoms with Crippen molar-refractivity contribution in [3.8, 4) is 0 Å². The molecule has 0 bridgehead atoms. The fourth-order valence-corrected chi connectivity index (χ4v) is 5.77. The van der Waals surface area contributed by atoms with Crippen LogP contribution in [0.15, 0.2) is 0 Å². The highest BCUT2D eigenvalue weighted by Crippen LogP contribution is 2.35. The Morgan fingerprint density at radius 3 is 2.46 bits per heavy atom. The molecule has 3 atom stereocenters. The van der Waals surface area contributed by atoms with Crippen LogP contribution >= 0.6 is 23.5 Å². The average Bonchev–Trinajstić information content (AvgIpc) is 3.09. The first-order valence-electron chi connectivity index (χ1n) is 9.95. The number of carboxylic acid groups (broad SMARTS) is 1. The van der Waals surface area contributed by atoms with Crippen LogP contribution in [0.4, 0.5) is 0 Å². The van der Waals surface area contributed by atoms with E-state index in [4.69, 9.17) is 10.5 Å². The van der Waals surface area contributed by atoms with Crippen LogP contribution in [0.5, 0.6) is 0 Å². The molecule has 1 aliphatic heterocycles. The summed E-state index contributed by atoms with van der Waals surface area (Å²) in [6.07, 6.45) is 3.05. The van der Waals surface area contributed by atoms with Crippen LogP contribution in [-0.4, -0.2) is 81.5 Å². The zero-order valence-electron chi connectivity index (χ0n) is 17.1. The summed E-state index contributed by atoms with van der Waals surface area (Å²) < 4.78 is 5.21. The number of unbranched alkanes of at least 4 members (excludes halogenated alkanes) is 1. The number of likely N-dealkylation sites (tertiary alicyclic amines) is 1. The summed E-state index contributed by atoms with van der Waals surface area (Å²) >= 11 is 3.47. The summed E-state index contributed by atoms with van der Waals surface area (Å²) in [7, 11) is 0. The molecule has 28 heavy (non-hydrogen) atoms. The molecule has 3 N–H and O–H groups in total. The molecule has 0 spiro atoms. The number of nitrogens with zero attached hydrogens (tertiary/aromatic N) is 1. The van der Waals surface area contributed by atoms with Gasteiger partial charge in [-0.15, -0.1) is 0 Å². The summed E-state index contributed by atoms with van der Waals surface area (Å²) in [5.74, 6) is 1.10. The number of hydrogen-bond donors (Lipinski definition) is 2. The van der Waals surface area contributed by atoms with Crippen LogP contribution in [0, 0.1) is 0 Å². The Hall–Kier alpha value is -0.770. The molecule has 1 aliphatic rings. The Bertz CT molecular complexity index is 532. The van der Waals surface area contributed by atoms with E-state index in [-0.39, 0.29) is 13.0 Å². The predicted molar refractivity (Wildman–Crippen MR) is 115 cm³/mol. The number of carbonyl (C=O) groups excluding carboxylic acids is 2. The molecule has 0 aromatic heterocycles. The van der Waals surface area contributed by atoms with Gasteiger partial charge in [0.15, 0.2) is 11.3 Å². The number of aliphatic carboxylic acids is 1. The highest BCUT2D eigenvalue weighted by atomic mass is 32.2. The van der Waals surface area contributed by atoms with Crippen molar-refractivity contribution in [1.82, 2.24) is 4.90 Å². The number of ketones is 1. The Kier molecular flexibility index (Phi) is 11.5. The van der Waals surface area contributed by atoms with Gasteiger partial charge in [0.05, 0.1) is 12.6 Å². The lowest BCUT2D eigenvalue weighted by Crippen LogP contribution is -2.65. The van der Waals surface area contributed by atoms with Gasteiger partial charge >= 0.3 is 11.9 Å². The fraction of sp³-hybridized carbons (Fsp3) is 0.842. The number of Topliss-reactive ketones (excluding diaryl/α,β-unsaturated/α-hetero) is 1. The summed E-state index contributed by atoms with van der Waals surface area (Å²) in [5.41, 5.74) is 4.00. The van der Waals surface area contributed by atoms with E-state index in [9.17, 15) is 19.5 Å². The lowest BCUT2D eigenvalue weighted by molar-refractivity contribution is -0.162. The lowest BCUT2D eigenvalue weighted by Gasteiger charge is -2.38. The van der Waals surface area contributed by atoms with Gasteiger partial charge in [-0.05, 0) is 38.9 Å². The van der Waals surface area contributed by atoms with Crippen molar-refractivity contribution in [2.45, 2.75) is 64.1 Å². The number of thioether (sulfide) groups is 2. The van der Waals surface area contributed by atoms with Gasteiger partial charge < -0.3 is 15.6 Å². The van der Waals surface area contributed by atoms with Gasteiger partial charge in [-0.3, -0.25) is 14.5 Å². The SMILES string of the molecule is CCCCSCCSC[C@@H](C(=O)OCC)N1CCCC1(C(=O)O)C(=O)C(C)N. The highest BCUT2D eigenvalue weighted by Gasteiger charge is 2.57. The van der Waals surface area contributed by atoms with E-state index in [1.807, 2.05) is 11.8 Å². The average molecular weight is 435 g/mol. The molecule has 0 aromatic rings. The Balaban J connectivity index is 2.91. The summed E-state index contributed by atoms with van der Waals surface area (Å²) in [5, 5.41) is 9.93. The van der Waals surface area contributed by atoms with Gasteiger partial charge in [-0.2, -0.15) is 23.5 Å². The molecule has 2 unspecified atom stereocenters. The molecule has 1 fully saturated rings. The number of esters is 1. The van der Waals surface area contributed by atoms with Crippen molar-refractivity contribution in [2.24, 2.45) is 5.73 Å². The van der Waals surface area contributed by atoms with Gasteiger partial charge in [-0.25, -0.2) is 4.79 Å². The molecule has 7 nitrogen and oxygen atoms in total. The van der Waals surface area contributed by atoms with Gasteiger partial charge in [0, 0.05) is 23.8 Å². The normalized spacial score (nSPS) is 22.0. The van der Waals surface area contributed by atoms with Crippen LogP contribution in [0.25, 0.3) is 0 Å². The number of carboxylic acids is 1. The zero-order valence-corrected chi connectivity index (χ0v) is 18.8. The molecule has 0 aromatic carbocycles. The molecule has 1 rings (SSSR count). The summed E-state index contributed by atoms with van der Waals surface area (Å²) in [6.45, 7) is 5.94. The lowest BCUT2D eigenvalue weighted by atomic mass is 9.86. The second-order valence-electron chi connectivity index (χ2n) is 6.92. The predicted octanol–water partition coefficient (Wildman–Crippen LogP) is 2.02. The molecule has 1 heterocycles. The zero-order chi connectivity index (χ0) is 21.2. The molecule has 0 amide bonds. The standard InChI is InChI=1S/C19H34N2O5S2/c1-4-6-10-27-11-12-28-13-15(17(23)26-5-2)21-9-7-8-19(21,18(24)25)16(22)14(3)20/h14-15H,4-13,20H2,1-3H3,(H,24,25)/t14?,15-,19?/m0/s1. The second-order valence-corrected chi connectivity index (χ2v) is 9.30. The van der Waals surface area contributed by atoms with Crippen molar-refractivity contribution in [2.75, 3.05) is 36.2 Å². The Morgan fingerprint density at radius 1 is 1.21 bits per heavy atom. The Labute approximate surface area is 176 Å². The molecule has 1 saturated heterocycles. The first-order chi connectivity index (χ1) is 13.3. The molecule has 9 heteroatoms. The van der Waals surface area contributed by atoms with Crippen LogP contribution in [0.3, 0.4) is 0 Å². The van der Waals surface area contributed by atoms with Crippen molar-refractivity contribution in [3.63, 3.8) is 0 Å². The minimum absolute atomic E-state index is 0.163. The van der Waals surface area contributed by atoms with Gasteiger partial charge in [-0.1, -0.05) is 13.3 Å². The molecule has 0 aliphatic carbocycles. The molecule has 0 saturated carbocycles. The van der Waals surface area contributed by atoms with E-state index in [1.165, 1.54) is 24.7 Å². The van der Waals surface area contributed by atoms with Gasteiger partial charge in [0.1, 0.15) is 6.04 Å². The number of hydrogen-bond acceptors (Lipinski definition) is 8. The second kappa shape index (κ2) is 12.7. The molecule has 162 valence electrons. The van der Waals surface area contributed by atoms with Crippen LogP contribution in [0.2, 0.25) is 0 Å². The van der Waals surface area contributed by atoms with E-state index >= 15 is 0 Å². The maximum Gasteiger partial charge on any atom is 0.332 e. The van der Waals surface area contributed by atoms with E-state index in [2.05, 4.69) is 6.92 Å². The van der Waals surface area contributed by atoms with E-state index in [1.54, 1.807) is 18.7 Å². The monoisotopic (exact) mass is 434 g/mol. The van der Waals surface area contributed by atoms with Crippen molar-refractivity contribution in [3.05, 3.63) is 0 Å². The number of ether oxygens (including phenoxy) is 1. The minimum atomic E-state index is -1.75. The van der Waals surface area contributed by atoms with Crippen molar-refractivity contribution in [1.29, 1.82) is 0 Å². The van der Waals surface area contributed by atoms with Crippen LogP contribution in [-0.2, 0) is 19.1 Å². The number of nitrogens with two attached hydrogens (primary N) is 1. The molecular formula is C19H34N2O5S2. The van der Waals surface area contributed by atoms with Crippen molar-refractivity contribution >= 4 is 41.2 Å². The maximum absolute atomic E-state index is 12.8. The summed E-state index contributed by atoms with van der Waals surface area (Å²) in [4.78, 5) is 39.1. The Morgan fingerprint density at radius 2 is 1.89 bits per heavy atom. The topological polar surface area (TPSA) is 110 Å². The quantitative estimate of drug-likeness (QED) is 0.241. The largest absolute Gasteiger partial charge is 0.480 e. The number of carbonyl (C=O) groups is 3. The highest BCUT2D eigenvalue weighted by molar-refractivity contribution is 8.02. The molecular weight excluding hydrogens is 400 g/mol. The third kappa shape index (κ3) is 6.37. The van der Waals surface area contributed by atoms with Crippen LogP contribution in [0.1, 0.15) is 46.5 Å². The fourth-order valence-electron chi connectivity index (χ4n) is 3.42. The van der Waals surface area contributed by atoms with Gasteiger partial charge in [0.2, 0.25) is 0 Å². The third-order valence-corrected chi connectivity index (χ3v) is 7.20. The van der Waals surface area contributed by atoms with Crippen LogP contribution < -0.4 is 5.73 Å². The van der Waals surface area contributed by atoms with E-state index in [0.717, 1.165) is 17.3 Å². The smallest absolute Gasteiger partial charge is 0.332 e. The van der Waals surface area contributed by atoms with Gasteiger partial charge in [0.25, 0.3) is 0 Å². The van der Waals surface area contributed by atoms with E-state index < -0.39 is 35.3 Å². The first-order valence-corrected chi connectivity index (χ1v) is 12.3. The minimum Gasteiger partial charge on any atom is -0.480 e. The van der Waals surface area contributed by atoms with Crippen molar-refractivity contribution < 1.29 is 24.2 Å². The molecule has 0 radical (unpaired) electrons.